The molecule has 1 rings (SSSR count). The van der Waals surface area contributed by atoms with Crippen LogP contribution in [0.15, 0.2) is 6.20 Å². The van der Waals surface area contributed by atoms with Crippen molar-refractivity contribution in [3.8, 4) is 0 Å². The normalized spacial score (nSPS) is 11.3. The van der Waals surface area contributed by atoms with Gasteiger partial charge in [0.05, 0.1) is 23.5 Å². The van der Waals surface area contributed by atoms with Crippen LogP contribution >= 0.6 is 11.7 Å². The second kappa shape index (κ2) is 3.80. The minimum absolute atomic E-state index is 0.198. The van der Waals surface area contributed by atoms with E-state index in [-0.39, 0.29) is 18.1 Å². The van der Waals surface area contributed by atoms with Crippen molar-refractivity contribution in [3.05, 3.63) is 11.9 Å². The van der Waals surface area contributed by atoms with E-state index in [1.807, 2.05) is 0 Å². The van der Waals surface area contributed by atoms with Gasteiger partial charge >= 0.3 is 0 Å². The van der Waals surface area contributed by atoms with Crippen LogP contribution < -0.4 is 5.32 Å². The molecule has 0 atom stereocenters. The van der Waals surface area contributed by atoms with E-state index < -0.39 is 5.60 Å². The minimum Gasteiger partial charge on any atom is -0.389 e. The average Bonchev–Trinajstić information content (AvgIpc) is 2.50. The molecular formula is C7H11N3O2S. The lowest BCUT2D eigenvalue weighted by molar-refractivity contribution is 0.0692. The number of hydrogen-bond acceptors (Lipinski definition) is 5. The Morgan fingerprint density at radius 2 is 2.46 bits per heavy atom. The monoisotopic (exact) mass is 201 g/mol. The Kier molecular flexibility index (Phi) is 2.94. The van der Waals surface area contributed by atoms with Crippen LogP contribution in [0, 0.1) is 0 Å². The molecule has 0 saturated heterocycles. The number of carbonyl (C=O) groups is 1. The molecule has 1 amide bonds. The maximum absolute atomic E-state index is 11.2. The lowest BCUT2D eigenvalue weighted by Crippen LogP contribution is -2.38. The van der Waals surface area contributed by atoms with E-state index in [2.05, 4.69) is 14.1 Å². The Bertz CT molecular complexity index is 278. The molecule has 6 heteroatoms. The third-order valence-corrected chi connectivity index (χ3v) is 1.75. The zero-order chi connectivity index (χ0) is 9.90. The molecule has 0 radical (unpaired) electrons. The SMILES string of the molecule is CC(C)(O)CNC(=O)c1cnsn1. The number of nitrogens with zero attached hydrogens (tertiary/aromatic N) is 2. The summed E-state index contributed by atoms with van der Waals surface area (Å²) in [5, 5.41) is 11.9. The van der Waals surface area contributed by atoms with Crippen molar-refractivity contribution < 1.29 is 9.90 Å². The van der Waals surface area contributed by atoms with Gasteiger partial charge in [0, 0.05) is 6.54 Å². The highest BCUT2D eigenvalue weighted by Gasteiger charge is 2.15. The van der Waals surface area contributed by atoms with Gasteiger partial charge in [-0.1, -0.05) is 0 Å². The van der Waals surface area contributed by atoms with Crippen LogP contribution in [0.3, 0.4) is 0 Å². The Morgan fingerprint density at radius 1 is 1.77 bits per heavy atom. The second-order valence-corrected chi connectivity index (χ2v) is 3.84. The molecule has 72 valence electrons. The van der Waals surface area contributed by atoms with Crippen molar-refractivity contribution in [2.75, 3.05) is 6.54 Å². The number of rotatable bonds is 3. The Balaban J connectivity index is 2.44. The van der Waals surface area contributed by atoms with Crippen LogP contribution in [0.1, 0.15) is 24.3 Å². The van der Waals surface area contributed by atoms with E-state index in [1.165, 1.54) is 6.20 Å². The molecule has 2 N–H and O–H groups in total. The van der Waals surface area contributed by atoms with Crippen LogP contribution in [0.5, 0.6) is 0 Å². The van der Waals surface area contributed by atoms with E-state index in [0.29, 0.717) is 0 Å². The van der Waals surface area contributed by atoms with Crippen molar-refractivity contribution >= 4 is 17.6 Å². The van der Waals surface area contributed by atoms with Gasteiger partial charge in [-0.15, -0.1) is 0 Å². The second-order valence-electron chi connectivity index (χ2n) is 3.29. The summed E-state index contributed by atoms with van der Waals surface area (Å²) in [5.41, 5.74) is -0.617. The summed E-state index contributed by atoms with van der Waals surface area (Å²) in [5.74, 6) is -0.309. The zero-order valence-corrected chi connectivity index (χ0v) is 8.26. The van der Waals surface area contributed by atoms with Gasteiger partial charge < -0.3 is 10.4 Å². The summed E-state index contributed by atoms with van der Waals surface area (Å²) in [7, 11) is 0. The van der Waals surface area contributed by atoms with Gasteiger partial charge in [0.1, 0.15) is 0 Å². The van der Waals surface area contributed by atoms with Gasteiger partial charge in [0.15, 0.2) is 5.69 Å². The number of amides is 1. The zero-order valence-electron chi connectivity index (χ0n) is 7.44. The quantitative estimate of drug-likeness (QED) is 0.724. The fourth-order valence-electron chi connectivity index (χ4n) is 0.652. The van der Waals surface area contributed by atoms with Gasteiger partial charge in [0.25, 0.3) is 5.91 Å². The van der Waals surface area contributed by atoms with Gasteiger partial charge in [-0.05, 0) is 13.8 Å². The van der Waals surface area contributed by atoms with Crippen LogP contribution in [0.25, 0.3) is 0 Å². The standard InChI is InChI=1S/C7H11N3O2S/c1-7(2,12)4-8-6(11)5-3-9-13-10-5/h3,12H,4H2,1-2H3,(H,8,11). The third-order valence-electron chi connectivity index (χ3n) is 1.28. The molecule has 0 aliphatic rings. The third kappa shape index (κ3) is 3.47. The van der Waals surface area contributed by atoms with E-state index >= 15 is 0 Å². The summed E-state index contributed by atoms with van der Waals surface area (Å²) in [6.07, 6.45) is 1.39. The lowest BCUT2D eigenvalue weighted by Gasteiger charge is -2.16. The molecule has 5 nitrogen and oxygen atoms in total. The first-order chi connectivity index (χ1) is 5.99. The van der Waals surface area contributed by atoms with Gasteiger partial charge in [-0.3, -0.25) is 4.79 Å². The van der Waals surface area contributed by atoms with E-state index in [1.54, 1.807) is 13.8 Å². The largest absolute Gasteiger partial charge is 0.389 e. The van der Waals surface area contributed by atoms with E-state index in [9.17, 15) is 9.90 Å². The number of nitrogens with one attached hydrogen (secondary N) is 1. The van der Waals surface area contributed by atoms with E-state index in [4.69, 9.17) is 0 Å². The van der Waals surface area contributed by atoms with Crippen molar-refractivity contribution in [2.24, 2.45) is 0 Å². The first-order valence-electron chi connectivity index (χ1n) is 3.77. The summed E-state index contributed by atoms with van der Waals surface area (Å²) in [6.45, 7) is 3.43. The van der Waals surface area contributed by atoms with Crippen molar-refractivity contribution in [1.82, 2.24) is 14.1 Å². The maximum Gasteiger partial charge on any atom is 0.272 e. The highest BCUT2D eigenvalue weighted by atomic mass is 32.1. The smallest absolute Gasteiger partial charge is 0.272 e. The number of carbonyl (C=O) groups excluding carboxylic acids is 1. The predicted octanol–water partition coefficient (Wildman–Crippen LogP) is 0.0388. The Labute approximate surface area is 80.1 Å². The fraction of sp³-hybridized carbons (Fsp3) is 0.571. The molecule has 0 aromatic carbocycles. The summed E-state index contributed by atoms with van der Waals surface area (Å²) >= 11 is 0.978. The summed E-state index contributed by atoms with van der Waals surface area (Å²) in [4.78, 5) is 11.2. The van der Waals surface area contributed by atoms with Crippen molar-refractivity contribution in [2.45, 2.75) is 19.4 Å². The highest BCUT2D eigenvalue weighted by Crippen LogP contribution is 1.99. The number of aromatic nitrogens is 2. The molecule has 0 fully saturated rings. The summed E-state index contributed by atoms with van der Waals surface area (Å²) < 4.78 is 7.45. The van der Waals surface area contributed by atoms with Crippen molar-refractivity contribution in [3.63, 3.8) is 0 Å². The lowest BCUT2D eigenvalue weighted by atomic mass is 10.1. The molecule has 0 saturated carbocycles. The number of hydrogen-bond donors (Lipinski definition) is 2. The first kappa shape index (κ1) is 10.1. The minimum atomic E-state index is -0.904. The molecule has 1 heterocycles. The Morgan fingerprint density at radius 3 is 2.92 bits per heavy atom. The maximum atomic E-state index is 11.2. The van der Waals surface area contributed by atoms with Gasteiger partial charge in [0.2, 0.25) is 0 Å². The fourth-order valence-corrected chi connectivity index (χ4v) is 1.06. The Hall–Kier alpha value is -1.01. The molecule has 0 bridgehead atoms. The molecule has 0 aliphatic heterocycles. The van der Waals surface area contributed by atoms with Crippen LogP contribution in [0.2, 0.25) is 0 Å². The number of aliphatic hydroxyl groups is 1. The molecule has 0 spiro atoms. The van der Waals surface area contributed by atoms with E-state index in [0.717, 1.165) is 11.7 Å². The highest BCUT2D eigenvalue weighted by molar-refractivity contribution is 6.99. The first-order valence-corrected chi connectivity index (χ1v) is 4.50. The molecule has 13 heavy (non-hydrogen) atoms. The van der Waals surface area contributed by atoms with Gasteiger partial charge in [-0.25, -0.2) is 0 Å². The van der Waals surface area contributed by atoms with Crippen molar-refractivity contribution in [1.29, 1.82) is 0 Å². The topological polar surface area (TPSA) is 75.1 Å². The average molecular weight is 201 g/mol. The molecular weight excluding hydrogens is 190 g/mol. The molecule has 0 aliphatic carbocycles. The van der Waals surface area contributed by atoms with Crippen LogP contribution in [-0.4, -0.2) is 31.9 Å². The van der Waals surface area contributed by atoms with Crippen LogP contribution in [0.4, 0.5) is 0 Å². The molecule has 1 aromatic rings. The molecule has 0 unspecified atom stereocenters. The van der Waals surface area contributed by atoms with Crippen LogP contribution in [-0.2, 0) is 0 Å². The van der Waals surface area contributed by atoms with Gasteiger partial charge in [-0.2, -0.15) is 8.75 Å². The predicted molar refractivity (Wildman–Crippen MR) is 48.5 cm³/mol. The summed E-state index contributed by atoms with van der Waals surface area (Å²) in [6, 6.07) is 0. The molecule has 1 aromatic heterocycles.